The molecular formula is C17H13FN2O. The third-order valence-corrected chi connectivity index (χ3v) is 3.28. The Bertz CT molecular complexity index is 830. The van der Waals surface area contributed by atoms with Crippen LogP contribution in [0, 0.1) is 12.7 Å². The molecule has 3 nitrogen and oxygen atoms in total. The third-order valence-electron chi connectivity index (χ3n) is 3.28. The maximum atomic E-state index is 13.2. The Morgan fingerprint density at radius 1 is 1.14 bits per heavy atom. The van der Waals surface area contributed by atoms with Crippen molar-refractivity contribution in [1.29, 1.82) is 0 Å². The number of nitrogens with zero attached hydrogens (tertiary/aromatic N) is 1. The van der Waals surface area contributed by atoms with Crippen LogP contribution in [-0.2, 0) is 0 Å². The molecule has 2 aromatic carbocycles. The van der Waals surface area contributed by atoms with Crippen molar-refractivity contribution in [2.24, 2.45) is 0 Å². The number of rotatable bonds is 2. The molecule has 0 saturated heterocycles. The van der Waals surface area contributed by atoms with Crippen molar-refractivity contribution in [2.75, 3.05) is 5.32 Å². The number of amides is 1. The van der Waals surface area contributed by atoms with E-state index in [0.717, 1.165) is 10.9 Å². The normalized spacial score (nSPS) is 10.6. The van der Waals surface area contributed by atoms with Crippen LogP contribution in [0.1, 0.15) is 15.9 Å². The fourth-order valence-electron chi connectivity index (χ4n) is 2.14. The first-order chi connectivity index (χ1) is 10.1. The number of hydrogen-bond donors (Lipinski definition) is 1. The Balaban J connectivity index is 1.87. The molecule has 0 bridgehead atoms. The molecular weight excluding hydrogens is 267 g/mol. The molecule has 104 valence electrons. The van der Waals surface area contributed by atoms with Crippen LogP contribution in [0.15, 0.2) is 54.7 Å². The molecule has 0 aliphatic rings. The number of halogens is 1. The summed E-state index contributed by atoms with van der Waals surface area (Å²) in [4.78, 5) is 16.4. The van der Waals surface area contributed by atoms with Crippen LogP contribution in [-0.4, -0.2) is 10.9 Å². The van der Waals surface area contributed by atoms with Gasteiger partial charge in [0.15, 0.2) is 0 Å². The second-order valence-electron chi connectivity index (χ2n) is 4.83. The first-order valence-corrected chi connectivity index (χ1v) is 6.56. The number of carbonyl (C=O) groups is 1. The number of nitrogens with one attached hydrogen (secondary N) is 1. The highest BCUT2D eigenvalue weighted by molar-refractivity contribution is 6.05. The van der Waals surface area contributed by atoms with Gasteiger partial charge in [0.1, 0.15) is 5.82 Å². The summed E-state index contributed by atoms with van der Waals surface area (Å²) in [6.07, 6.45) is 1.72. The lowest BCUT2D eigenvalue weighted by Gasteiger charge is -2.07. The molecule has 1 heterocycles. The number of hydrogen-bond acceptors (Lipinski definition) is 2. The van der Waals surface area contributed by atoms with Crippen LogP contribution in [0.3, 0.4) is 0 Å². The number of pyridine rings is 1. The van der Waals surface area contributed by atoms with Gasteiger partial charge in [-0.2, -0.15) is 0 Å². The molecule has 0 fully saturated rings. The number of aryl methyl sites for hydroxylation is 1. The summed E-state index contributed by atoms with van der Waals surface area (Å²) < 4.78 is 13.2. The Hall–Kier alpha value is -2.75. The zero-order valence-electron chi connectivity index (χ0n) is 11.4. The summed E-state index contributed by atoms with van der Waals surface area (Å²) >= 11 is 0. The lowest BCUT2D eigenvalue weighted by Crippen LogP contribution is -2.12. The Morgan fingerprint density at radius 2 is 2.00 bits per heavy atom. The standard InChI is InChI=1S/C17H13FN2O/c1-11-9-13(4-6-15(11)18)17(21)20-14-5-7-16-12(10-14)3-2-8-19-16/h2-10H,1H3,(H,20,21). The van der Waals surface area contributed by atoms with E-state index in [2.05, 4.69) is 10.3 Å². The molecule has 0 radical (unpaired) electrons. The Kier molecular flexibility index (Phi) is 3.36. The van der Waals surface area contributed by atoms with Gasteiger partial charge in [-0.05, 0) is 55.0 Å². The van der Waals surface area contributed by atoms with Crippen LogP contribution in [0.5, 0.6) is 0 Å². The highest BCUT2D eigenvalue weighted by Gasteiger charge is 2.08. The molecule has 4 heteroatoms. The van der Waals surface area contributed by atoms with E-state index in [1.165, 1.54) is 18.2 Å². The van der Waals surface area contributed by atoms with E-state index in [0.29, 0.717) is 16.8 Å². The van der Waals surface area contributed by atoms with E-state index in [9.17, 15) is 9.18 Å². The third kappa shape index (κ3) is 2.74. The largest absolute Gasteiger partial charge is 0.322 e. The number of carbonyl (C=O) groups excluding carboxylic acids is 1. The molecule has 1 N–H and O–H groups in total. The van der Waals surface area contributed by atoms with Gasteiger partial charge < -0.3 is 5.32 Å². The highest BCUT2D eigenvalue weighted by Crippen LogP contribution is 2.18. The molecule has 1 aromatic heterocycles. The molecule has 21 heavy (non-hydrogen) atoms. The summed E-state index contributed by atoms with van der Waals surface area (Å²) in [5, 5.41) is 3.76. The lowest BCUT2D eigenvalue weighted by atomic mass is 10.1. The molecule has 0 saturated carbocycles. The SMILES string of the molecule is Cc1cc(C(=O)Nc2ccc3ncccc3c2)ccc1F. The zero-order chi connectivity index (χ0) is 14.8. The predicted molar refractivity (Wildman–Crippen MR) is 80.8 cm³/mol. The number of fused-ring (bicyclic) bond motifs is 1. The minimum atomic E-state index is -0.316. The van der Waals surface area contributed by atoms with Crippen LogP contribution < -0.4 is 5.32 Å². The van der Waals surface area contributed by atoms with Gasteiger partial charge in [0.05, 0.1) is 5.52 Å². The lowest BCUT2D eigenvalue weighted by molar-refractivity contribution is 0.102. The molecule has 3 rings (SSSR count). The maximum absolute atomic E-state index is 13.2. The summed E-state index contributed by atoms with van der Waals surface area (Å²) in [6.45, 7) is 1.63. The van der Waals surface area contributed by atoms with Gasteiger partial charge in [-0.15, -0.1) is 0 Å². The fourth-order valence-corrected chi connectivity index (χ4v) is 2.14. The van der Waals surface area contributed by atoms with Gasteiger partial charge in [-0.25, -0.2) is 4.39 Å². The van der Waals surface area contributed by atoms with Gasteiger partial charge in [0.2, 0.25) is 0 Å². The average molecular weight is 280 g/mol. The van der Waals surface area contributed by atoms with E-state index >= 15 is 0 Å². The predicted octanol–water partition coefficient (Wildman–Crippen LogP) is 3.93. The Labute approximate surface area is 121 Å². The van der Waals surface area contributed by atoms with Crippen molar-refractivity contribution in [1.82, 2.24) is 4.98 Å². The van der Waals surface area contributed by atoms with E-state index in [1.807, 2.05) is 24.3 Å². The van der Waals surface area contributed by atoms with Gasteiger partial charge in [0.25, 0.3) is 5.91 Å². The first-order valence-electron chi connectivity index (χ1n) is 6.56. The van der Waals surface area contributed by atoms with Crippen molar-refractivity contribution in [3.05, 3.63) is 71.7 Å². The monoisotopic (exact) mass is 280 g/mol. The van der Waals surface area contributed by atoms with Crippen molar-refractivity contribution in [2.45, 2.75) is 6.92 Å². The summed E-state index contributed by atoms with van der Waals surface area (Å²) in [5.74, 6) is -0.579. The van der Waals surface area contributed by atoms with Crippen LogP contribution >= 0.6 is 0 Å². The van der Waals surface area contributed by atoms with Gasteiger partial charge in [-0.3, -0.25) is 9.78 Å². The number of aromatic nitrogens is 1. The van der Waals surface area contributed by atoms with Crippen molar-refractivity contribution in [3.63, 3.8) is 0 Å². The van der Waals surface area contributed by atoms with Crippen LogP contribution in [0.4, 0.5) is 10.1 Å². The Morgan fingerprint density at radius 3 is 2.81 bits per heavy atom. The quantitative estimate of drug-likeness (QED) is 0.772. The summed E-state index contributed by atoms with van der Waals surface area (Å²) in [6, 6.07) is 13.6. The van der Waals surface area contributed by atoms with Crippen LogP contribution in [0.25, 0.3) is 10.9 Å². The van der Waals surface area contributed by atoms with E-state index in [4.69, 9.17) is 0 Å². The van der Waals surface area contributed by atoms with E-state index in [-0.39, 0.29) is 11.7 Å². The second kappa shape index (κ2) is 5.32. The smallest absolute Gasteiger partial charge is 0.255 e. The molecule has 1 amide bonds. The topological polar surface area (TPSA) is 42.0 Å². The molecule has 0 aliphatic heterocycles. The van der Waals surface area contributed by atoms with Gasteiger partial charge >= 0.3 is 0 Å². The fraction of sp³-hybridized carbons (Fsp3) is 0.0588. The second-order valence-corrected chi connectivity index (χ2v) is 4.83. The minimum absolute atomic E-state index is 0.263. The molecule has 0 spiro atoms. The van der Waals surface area contributed by atoms with Gasteiger partial charge in [0, 0.05) is 22.8 Å². The molecule has 3 aromatic rings. The van der Waals surface area contributed by atoms with Crippen molar-refractivity contribution in [3.8, 4) is 0 Å². The molecule has 0 aliphatic carbocycles. The minimum Gasteiger partial charge on any atom is -0.322 e. The maximum Gasteiger partial charge on any atom is 0.255 e. The van der Waals surface area contributed by atoms with E-state index < -0.39 is 0 Å². The number of anilines is 1. The average Bonchev–Trinajstić information content (AvgIpc) is 2.50. The van der Waals surface area contributed by atoms with Crippen molar-refractivity contribution >= 4 is 22.5 Å². The van der Waals surface area contributed by atoms with Crippen molar-refractivity contribution < 1.29 is 9.18 Å². The first kappa shape index (κ1) is 13.2. The molecule has 0 atom stereocenters. The highest BCUT2D eigenvalue weighted by atomic mass is 19.1. The van der Waals surface area contributed by atoms with Gasteiger partial charge in [-0.1, -0.05) is 6.07 Å². The summed E-state index contributed by atoms with van der Waals surface area (Å²) in [7, 11) is 0. The number of benzene rings is 2. The van der Waals surface area contributed by atoms with Crippen LogP contribution in [0.2, 0.25) is 0 Å². The van der Waals surface area contributed by atoms with E-state index in [1.54, 1.807) is 19.2 Å². The summed E-state index contributed by atoms with van der Waals surface area (Å²) in [5.41, 5.74) is 2.43. The zero-order valence-corrected chi connectivity index (χ0v) is 11.4. The molecule has 0 unspecified atom stereocenters.